The molecule has 0 aliphatic heterocycles. The van der Waals surface area contributed by atoms with Crippen LogP contribution in [0, 0.1) is 0 Å². The van der Waals surface area contributed by atoms with Crippen LogP contribution in [0.5, 0.6) is 11.5 Å². The fourth-order valence-electron chi connectivity index (χ4n) is 2.29. The Morgan fingerprint density at radius 2 is 1.84 bits per heavy atom. The number of hydrogen-bond donors (Lipinski definition) is 1. The molecule has 1 aromatic carbocycles. The van der Waals surface area contributed by atoms with Crippen LogP contribution >= 0.6 is 0 Å². The van der Waals surface area contributed by atoms with Gasteiger partial charge < -0.3 is 19.7 Å². The van der Waals surface area contributed by atoms with Crippen LogP contribution in [0.25, 0.3) is 0 Å². The fourth-order valence-corrected chi connectivity index (χ4v) is 2.29. The quantitative estimate of drug-likeness (QED) is 0.821. The molecule has 140 valence electrons. The number of carbonyl (C=O) groups excluding carboxylic acids is 2. The second-order valence-corrected chi connectivity index (χ2v) is 7.15. The molecule has 0 aliphatic rings. The normalized spacial score (nSPS) is 11.2. The molecule has 0 radical (unpaired) electrons. The fraction of sp³-hybridized carbons (Fsp3) is 0.579. The zero-order valence-electron chi connectivity index (χ0n) is 16.3. The predicted octanol–water partition coefficient (Wildman–Crippen LogP) is 2.86. The lowest BCUT2D eigenvalue weighted by Gasteiger charge is -2.25. The summed E-state index contributed by atoms with van der Waals surface area (Å²) in [5, 5.41) is 2.87. The van der Waals surface area contributed by atoms with Crippen LogP contribution in [0.1, 0.15) is 51.9 Å². The maximum absolute atomic E-state index is 12.7. The summed E-state index contributed by atoms with van der Waals surface area (Å²) < 4.78 is 11.0. The van der Waals surface area contributed by atoms with Crippen molar-refractivity contribution in [3.05, 3.63) is 23.8 Å². The third kappa shape index (κ3) is 6.64. The lowest BCUT2D eigenvalue weighted by Crippen LogP contribution is -2.47. The molecule has 0 saturated carbocycles. The second-order valence-electron chi connectivity index (χ2n) is 7.15. The molecular formula is C19H30N2O4. The molecule has 0 spiro atoms. The first-order valence-electron chi connectivity index (χ1n) is 8.52. The lowest BCUT2D eigenvalue weighted by molar-refractivity contribution is -0.123. The van der Waals surface area contributed by atoms with Gasteiger partial charge in [-0.05, 0) is 59.7 Å². The minimum atomic E-state index is -0.335. The molecular weight excluding hydrogens is 320 g/mol. The molecule has 1 aromatic rings. The maximum atomic E-state index is 12.7. The molecule has 0 unspecified atom stereocenters. The molecule has 6 nitrogen and oxygen atoms in total. The van der Waals surface area contributed by atoms with E-state index in [1.165, 1.54) is 12.0 Å². The number of carbonyl (C=O) groups is 2. The Balaban J connectivity index is 2.94. The first-order chi connectivity index (χ1) is 11.6. The minimum Gasteiger partial charge on any atom is -0.493 e. The minimum absolute atomic E-state index is 0.00341. The van der Waals surface area contributed by atoms with Gasteiger partial charge in [-0.15, -0.1) is 0 Å². The van der Waals surface area contributed by atoms with Crippen molar-refractivity contribution in [2.75, 3.05) is 20.2 Å². The number of nitrogens with zero attached hydrogens (tertiary/aromatic N) is 1. The summed E-state index contributed by atoms with van der Waals surface area (Å²) in [5.41, 5.74) is 0.122. The first-order valence-corrected chi connectivity index (χ1v) is 8.52. The highest BCUT2D eigenvalue weighted by molar-refractivity contribution is 5.97. The summed E-state index contributed by atoms with van der Waals surface area (Å²) in [7, 11) is 1.53. The van der Waals surface area contributed by atoms with Crippen LogP contribution < -0.4 is 14.8 Å². The van der Waals surface area contributed by atoms with Crippen molar-refractivity contribution < 1.29 is 19.1 Å². The molecule has 1 rings (SSSR count). The second kappa shape index (κ2) is 8.74. The molecule has 0 saturated heterocycles. The zero-order valence-corrected chi connectivity index (χ0v) is 16.3. The zero-order chi connectivity index (χ0) is 19.2. The predicted molar refractivity (Wildman–Crippen MR) is 98.2 cm³/mol. The monoisotopic (exact) mass is 350 g/mol. The van der Waals surface area contributed by atoms with E-state index in [1.54, 1.807) is 18.2 Å². The van der Waals surface area contributed by atoms with Gasteiger partial charge >= 0.3 is 0 Å². The van der Waals surface area contributed by atoms with Crippen molar-refractivity contribution in [3.63, 3.8) is 0 Å². The number of benzene rings is 1. The highest BCUT2D eigenvalue weighted by Gasteiger charge is 2.21. The number of ether oxygens (including phenoxy) is 2. The van der Waals surface area contributed by atoms with E-state index in [9.17, 15) is 9.59 Å². The summed E-state index contributed by atoms with van der Waals surface area (Å²) >= 11 is 0. The van der Waals surface area contributed by atoms with Gasteiger partial charge in [0.25, 0.3) is 5.91 Å². The summed E-state index contributed by atoms with van der Waals surface area (Å²) in [6, 6.07) is 5.05. The number of hydrogen-bond acceptors (Lipinski definition) is 4. The third-order valence-corrected chi connectivity index (χ3v) is 3.29. The summed E-state index contributed by atoms with van der Waals surface area (Å²) in [5.74, 6) is 0.674. The molecule has 1 N–H and O–H groups in total. The van der Waals surface area contributed by atoms with Gasteiger partial charge in [0.05, 0.1) is 19.8 Å². The van der Waals surface area contributed by atoms with Crippen LogP contribution in [-0.2, 0) is 4.79 Å². The Morgan fingerprint density at radius 3 is 2.32 bits per heavy atom. The van der Waals surface area contributed by atoms with Gasteiger partial charge in [0.2, 0.25) is 5.91 Å². The highest BCUT2D eigenvalue weighted by Crippen LogP contribution is 2.29. The van der Waals surface area contributed by atoms with Crippen LogP contribution in [0.2, 0.25) is 0 Å². The number of nitrogens with one attached hydrogen (secondary N) is 1. The molecule has 0 heterocycles. The van der Waals surface area contributed by atoms with E-state index >= 15 is 0 Å². The molecule has 2 amide bonds. The number of methoxy groups -OCH3 is 1. The maximum Gasteiger partial charge on any atom is 0.254 e. The van der Waals surface area contributed by atoms with Gasteiger partial charge in [0.15, 0.2) is 11.5 Å². The van der Waals surface area contributed by atoms with Crippen molar-refractivity contribution in [2.45, 2.75) is 53.2 Å². The van der Waals surface area contributed by atoms with Crippen molar-refractivity contribution in [1.82, 2.24) is 10.2 Å². The van der Waals surface area contributed by atoms with Crippen molar-refractivity contribution in [2.24, 2.45) is 0 Å². The number of rotatable bonds is 7. The van der Waals surface area contributed by atoms with Gasteiger partial charge in [-0.2, -0.15) is 0 Å². The van der Waals surface area contributed by atoms with Crippen LogP contribution in [0.4, 0.5) is 0 Å². The van der Waals surface area contributed by atoms with Crippen molar-refractivity contribution in [1.29, 1.82) is 0 Å². The topological polar surface area (TPSA) is 67.9 Å². The van der Waals surface area contributed by atoms with E-state index in [1.807, 2.05) is 41.5 Å². The Morgan fingerprint density at radius 1 is 1.20 bits per heavy atom. The average molecular weight is 350 g/mol. The van der Waals surface area contributed by atoms with E-state index in [-0.39, 0.29) is 30.0 Å². The summed E-state index contributed by atoms with van der Waals surface area (Å²) in [6.07, 6.45) is 0.00341. The van der Waals surface area contributed by atoms with Gasteiger partial charge in [-0.3, -0.25) is 9.59 Å². The van der Waals surface area contributed by atoms with Gasteiger partial charge in [-0.25, -0.2) is 0 Å². The Hall–Kier alpha value is -2.24. The van der Waals surface area contributed by atoms with Gasteiger partial charge in [0.1, 0.15) is 0 Å². The summed E-state index contributed by atoms with van der Waals surface area (Å²) in [4.78, 5) is 26.3. The molecule has 25 heavy (non-hydrogen) atoms. The van der Waals surface area contributed by atoms with E-state index in [0.717, 1.165) is 0 Å². The third-order valence-electron chi connectivity index (χ3n) is 3.29. The SMILES string of the molecule is CCN(CC(=O)NC(C)(C)C)C(=O)c1ccc(OC(C)C)c(OC)c1. The van der Waals surface area contributed by atoms with Crippen LogP contribution in [0.3, 0.4) is 0 Å². The van der Waals surface area contributed by atoms with E-state index in [2.05, 4.69) is 5.32 Å². The molecule has 0 atom stereocenters. The average Bonchev–Trinajstić information content (AvgIpc) is 2.50. The van der Waals surface area contributed by atoms with Gasteiger partial charge in [-0.1, -0.05) is 0 Å². The van der Waals surface area contributed by atoms with Crippen LogP contribution in [-0.4, -0.2) is 48.6 Å². The molecule has 0 bridgehead atoms. The van der Waals surface area contributed by atoms with E-state index < -0.39 is 0 Å². The Labute approximate surface area is 150 Å². The number of amides is 2. The first kappa shape index (κ1) is 20.8. The van der Waals surface area contributed by atoms with Crippen molar-refractivity contribution >= 4 is 11.8 Å². The molecule has 0 aromatic heterocycles. The lowest BCUT2D eigenvalue weighted by atomic mass is 10.1. The molecule has 0 aliphatic carbocycles. The standard InChI is InChI=1S/C19H30N2O4/c1-8-21(12-17(22)20-19(4,5)6)18(23)14-9-10-15(25-13(2)3)16(11-14)24-7/h9-11,13H,8,12H2,1-7H3,(H,20,22). The van der Waals surface area contributed by atoms with E-state index in [0.29, 0.717) is 23.6 Å². The highest BCUT2D eigenvalue weighted by atomic mass is 16.5. The largest absolute Gasteiger partial charge is 0.493 e. The summed E-state index contributed by atoms with van der Waals surface area (Å²) in [6.45, 7) is 11.8. The van der Waals surface area contributed by atoms with Crippen LogP contribution in [0.15, 0.2) is 18.2 Å². The molecule has 0 fully saturated rings. The van der Waals surface area contributed by atoms with Crippen molar-refractivity contribution in [3.8, 4) is 11.5 Å². The Kier molecular flexibility index (Phi) is 7.27. The molecule has 6 heteroatoms. The van der Waals surface area contributed by atoms with E-state index in [4.69, 9.17) is 9.47 Å². The number of likely N-dealkylation sites (N-methyl/N-ethyl adjacent to an activating group) is 1. The Bertz CT molecular complexity index is 606. The van der Waals surface area contributed by atoms with Gasteiger partial charge in [0, 0.05) is 17.6 Å². The smallest absolute Gasteiger partial charge is 0.254 e.